The molecule has 0 bridgehead atoms. The number of unbranched alkanes of at least 4 members (excludes halogenated alkanes) is 1. The molecule has 1 unspecified atom stereocenters. The second-order valence-corrected chi connectivity index (χ2v) is 11.5. The van der Waals surface area contributed by atoms with Gasteiger partial charge in [0.2, 0.25) is 0 Å². The maximum atomic E-state index is 11.7. The van der Waals surface area contributed by atoms with Crippen LogP contribution >= 0.6 is 23.2 Å². The first-order chi connectivity index (χ1) is 15.0. The van der Waals surface area contributed by atoms with E-state index in [1.807, 2.05) is 24.3 Å². The van der Waals surface area contributed by atoms with Crippen LogP contribution in [-0.2, 0) is 15.3 Å². The van der Waals surface area contributed by atoms with Crippen molar-refractivity contribution >= 4 is 33.0 Å². The van der Waals surface area contributed by atoms with Gasteiger partial charge in [-0.1, -0.05) is 69.5 Å². The SMILES string of the molecule is CCCCOc1ccc(C(C)(C)c2cc(Cl)c(OCC(O)CS(=O)(=O)CC)c(Cl)c2)cc1. The van der Waals surface area contributed by atoms with Crippen molar-refractivity contribution in [2.75, 3.05) is 24.7 Å². The van der Waals surface area contributed by atoms with E-state index in [0.29, 0.717) is 16.7 Å². The van der Waals surface area contributed by atoms with Crippen molar-refractivity contribution in [1.82, 2.24) is 0 Å². The average molecular weight is 503 g/mol. The van der Waals surface area contributed by atoms with Crippen molar-refractivity contribution in [3.63, 3.8) is 0 Å². The zero-order chi connectivity index (χ0) is 23.9. The van der Waals surface area contributed by atoms with Gasteiger partial charge in [-0.25, -0.2) is 8.42 Å². The van der Waals surface area contributed by atoms with Crippen molar-refractivity contribution < 1.29 is 23.0 Å². The van der Waals surface area contributed by atoms with E-state index in [0.717, 1.165) is 29.7 Å². The molecule has 2 aromatic carbocycles. The van der Waals surface area contributed by atoms with Gasteiger partial charge in [0.05, 0.1) is 22.4 Å². The van der Waals surface area contributed by atoms with Crippen LogP contribution in [0.4, 0.5) is 0 Å². The van der Waals surface area contributed by atoms with E-state index < -0.39 is 15.9 Å². The Balaban J connectivity index is 2.15. The summed E-state index contributed by atoms with van der Waals surface area (Å²) in [6.07, 6.45) is 0.939. The largest absolute Gasteiger partial charge is 0.494 e. The maximum Gasteiger partial charge on any atom is 0.156 e. The Labute approximate surface area is 201 Å². The van der Waals surface area contributed by atoms with Crippen molar-refractivity contribution in [2.45, 2.75) is 52.1 Å². The molecule has 0 amide bonds. The van der Waals surface area contributed by atoms with Gasteiger partial charge < -0.3 is 14.6 Å². The fraction of sp³-hybridized carbons (Fsp3) is 0.500. The number of sulfone groups is 1. The highest BCUT2D eigenvalue weighted by Gasteiger charge is 2.26. The monoisotopic (exact) mass is 502 g/mol. The molecule has 0 aliphatic carbocycles. The Morgan fingerprint density at radius 1 is 1.00 bits per heavy atom. The quantitative estimate of drug-likeness (QED) is 0.378. The number of rotatable bonds is 12. The Kier molecular flexibility index (Phi) is 9.70. The van der Waals surface area contributed by atoms with E-state index in [2.05, 4.69) is 20.8 Å². The van der Waals surface area contributed by atoms with Crippen LogP contribution in [-0.4, -0.2) is 44.3 Å². The lowest BCUT2D eigenvalue weighted by atomic mass is 9.78. The van der Waals surface area contributed by atoms with E-state index in [1.54, 1.807) is 12.1 Å². The number of benzene rings is 2. The summed E-state index contributed by atoms with van der Waals surface area (Å²) in [7, 11) is -3.31. The van der Waals surface area contributed by atoms with E-state index in [9.17, 15) is 13.5 Å². The lowest BCUT2D eigenvalue weighted by Gasteiger charge is -2.27. The predicted molar refractivity (Wildman–Crippen MR) is 131 cm³/mol. The Morgan fingerprint density at radius 2 is 1.59 bits per heavy atom. The predicted octanol–water partition coefficient (Wildman–Crippen LogP) is 5.67. The van der Waals surface area contributed by atoms with E-state index in [1.165, 1.54) is 6.92 Å². The second-order valence-electron chi connectivity index (χ2n) is 8.28. The topological polar surface area (TPSA) is 72.8 Å². The molecule has 8 heteroatoms. The molecule has 2 rings (SSSR count). The van der Waals surface area contributed by atoms with Gasteiger partial charge in [-0.3, -0.25) is 0 Å². The molecule has 1 N–H and O–H groups in total. The maximum absolute atomic E-state index is 11.7. The summed E-state index contributed by atoms with van der Waals surface area (Å²) < 4.78 is 34.6. The molecule has 32 heavy (non-hydrogen) atoms. The molecule has 178 valence electrons. The van der Waals surface area contributed by atoms with Crippen LogP contribution in [0.15, 0.2) is 36.4 Å². The van der Waals surface area contributed by atoms with E-state index >= 15 is 0 Å². The second kappa shape index (κ2) is 11.6. The zero-order valence-corrected chi connectivity index (χ0v) is 21.4. The fourth-order valence-corrected chi connectivity index (χ4v) is 4.68. The van der Waals surface area contributed by atoms with Crippen LogP contribution in [0.5, 0.6) is 11.5 Å². The number of aliphatic hydroxyl groups is 1. The van der Waals surface area contributed by atoms with Crippen LogP contribution < -0.4 is 9.47 Å². The van der Waals surface area contributed by atoms with Gasteiger partial charge in [-0.05, 0) is 41.8 Å². The molecule has 0 saturated carbocycles. The Hall–Kier alpha value is -1.47. The molecule has 1 atom stereocenters. The third-order valence-electron chi connectivity index (χ3n) is 5.37. The smallest absolute Gasteiger partial charge is 0.156 e. The molecular formula is C24H32Cl2O5S. The van der Waals surface area contributed by atoms with Crippen LogP contribution in [0, 0.1) is 0 Å². The van der Waals surface area contributed by atoms with Crippen LogP contribution in [0.3, 0.4) is 0 Å². The minimum atomic E-state index is -3.31. The normalized spacial score (nSPS) is 13.1. The average Bonchev–Trinajstić information content (AvgIpc) is 2.73. The standard InChI is InChI=1S/C24H32Cl2O5S/c1-5-7-12-30-20-10-8-17(9-11-20)24(3,4)18-13-21(25)23(22(26)14-18)31-15-19(27)16-32(28,29)6-2/h8-11,13-14,19,27H,5-7,12,15-16H2,1-4H3. The number of aliphatic hydroxyl groups excluding tert-OH is 1. The van der Waals surface area contributed by atoms with Gasteiger partial charge in [0.15, 0.2) is 15.6 Å². The van der Waals surface area contributed by atoms with Gasteiger partial charge in [-0.15, -0.1) is 0 Å². The zero-order valence-electron chi connectivity index (χ0n) is 19.0. The first-order valence-electron chi connectivity index (χ1n) is 10.7. The molecule has 2 aromatic rings. The summed E-state index contributed by atoms with van der Waals surface area (Å²) in [6.45, 7) is 8.28. The van der Waals surface area contributed by atoms with Crippen LogP contribution in [0.2, 0.25) is 10.0 Å². The first-order valence-corrected chi connectivity index (χ1v) is 13.3. The minimum absolute atomic E-state index is 0.0405. The summed E-state index contributed by atoms with van der Waals surface area (Å²) in [6, 6.07) is 11.5. The highest BCUT2D eigenvalue weighted by molar-refractivity contribution is 7.91. The molecule has 0 aromatic heterocycles. The van der Waals surface area contributed by atoms with Crippen LogP contribution in [0.25, 0.3) is 0 Å². The summed E-state index contributed by atoms with van der Waals surface area (Å²) in [4.78, 5) is 0. The highest BCUT2D eigenvalue weighted by Crippen LogP contribution is 2.40. The van der Waals surface area contributed by atoms with Crippen molar-refractivity contribution in [3.8, 4) is 11.5 Å². The first kappa shape index (κ1) is 26.8. The van der Waals surface area contributed by atoms with E-state index in [4.69, 9.17) is 32.7 Å². The summed E-state index contributed by atoms with van der Waals surface area (Å²) in [5, 5.41) is 10.6. The number of halogens is 2. The minimum Gasteiger partial charge on any atom is -0.494 e. The number of hydrogen-bond donors (Lipinski definition) is 1. The molecule has 0 aliphatic heterocycles. The lowest BCUT2D eigenvalue weighted by Crippen LogP contribution is -2.28. The Bertz CT molecular complexity index is 965. The third kappa shape index (κ3) is 7.27. The summed E-state index contributed by atoms with van der Waals surface area (Å²) >= 11 is 12.9. The molecule has 5 nitrogen and oxygen atoms in total. The fourth-order valence-electron chi connectivity index (χ4n) is 3.17. The molecule has 0 aliphatic rings. The van der Waals surface area contributed by atoms with Crippen LogP contribution in [0.1, 0.15) is 51.7 Å². The van der Waals surface area contributed by atoms with Gasteiger partial charge >= 0.3 is 0 Å². The lowest BCUT2D eigenvalue weighted by molar-refractivity contribution is 0.125. The number of hydrogen-bond acceptors (Lipinski definition) is 5. The molecular weight excluding hydrogens is 471 g/mol. The number of ether oxygens (including phenoxy) is 2. The molecule has 0 spiro atoms. The summed E-state index contributed by atoms with van der Waals surface area (Å²) in [5.74, 6) is 0.644. The van der Waals surface area contributed by atoms with Crippen molar-refractivity contribution in [3.05, 3.63) is 57.6 Å². The van der Waals surface area contributed by atoms with Gasteiger partial charge in [0.25, 0.3) is 0 Å². The van der Waals surface area contributed by atoms with Crippen molar-refractivity contribution in [2.24, 2.45) is 0 Å². The van der Waals surface area contributed by atoms with Gasteiger partial charge in [0, 0.05) is 11.2 Å². The summed E-state index contributed by atoms with van der Waals surface area (Å²) in [5.41, 5.74) is 1.58. The Morgan fingerprint density at radius 3 is 2.12 bits per heavy atom. The van der Waals surface area contributed by atoms with Gasteiger partial charge in [0.1, 0.15) is 18.5 Å². The molecule has 0 fully saturated rings. The third-order valence-corrected chi connectivity index (χ3v) is 7.70. The van der Waals surface area contributed by atoms with E-state index in [-0.39, 0.29) is 29.3 Å². The molecule has 0 heterocycles. The van der Waals surface area contributed by atoms with Crippen molar-refractivity contribution in [1.29, 1.82) is 0 Å². The molecule has 0 saturated heterocycles. The molecule has 0 radical (unpaired) electrons. The highest BCUT2D eigenvalue weighted by atomic mass is 35.5. The van der Waals surface area contributed by atoms with Gasteiger partial charge in [-0.2, -0.15) is 0 Å².